The largest absolute Gasteiger partial charge is 0.438 e. The van der Waals surface area contributed by atoms with Gasteiger partial charge in [-0.3, -0.25) is 9.36 Å². The minimum absolute atomic E-state index is 0.0343. The van der Waals surface area contributed by atoms with Crippen molar-refractivity contribution in [2.75, 3.05) is 0 Å². The molecule has 0 atom stereocenters. The summed E-state index contributed by atoms with van der Waals surface area (Å²) in [6.45, 7) is 0. The van der Waals surface area contributed by atoms with Crippen LogP contribution >= 0.6 is 23.2 Å². The molecule has 0 radical (unpaired) electrons. The predicted octanol–water partition coefficient (Wildman–Crippen LogP) is 5.32. The molecule has 0 spiro atoms. The zero-order valence-electron chi connectivity index (χ0n) is 12.7. The Hall–Kier alpha value is -2.06. The summed E-state index contributed by atoms with van der Waals surface area (Å²) in [7, 11) is 0. The third kappa shape index (κ3) is 2.77. The van der Waals surface area contributed by atoms with Gasteiger partial charge in [0.15, 0.2) is 17.3 Å². The first kappa shape index (κ1) is 17.4. The van der Waals surface area contributed by atoms with Gasteiger partial charge in [-0.15, -0.1) is 0 Å². The van der Waals surface area contributed by atoms with Crippen LogP contribution in [0.15, 0.2) is 27.4 Å². The van der Waals surface area contributed by atoms with E-state index in [-0.39, 0.29) is 22.0 Å². The van der Waals surface area contributed by atoms with Crippen LogP contribution in [0.5, 0.6) is 0 Å². The molecule has 1 aliphatic rings. The van der Waals surface area contributed by atoms with Crippen LogP contribution in [-0.4, -0.2) is 9.55 Å². The van der Waals surface area contributed by atoms with E-state index in [0.29, 0.717) is 22.6 Å². The highest BCUT2D eigenvalue weighted by Gasteiger charge is 2.34. The lowest BCUT2D eigenvalue weighted by atomic mass is 10.2. The van der Waals surface area contributed by atoms with E-state index < -0.39 is 34.0 Å². The van der Waals surface area contributed by atoms with Crippen molar-refractivity contribution in [3.8, 4) is 5.69 Å². The monoisotopic (exact) mass is 406 g/mol. The first-order valence-corrected chi connectivity index (χ1v) is 8.21. The zero-order chi connectivity index (χ0) is 18.8. The van der Waals surface area contributed by atoms with Gasteiger partial charge in [0.1, 0.15) is 16.4 Å². The Bertz CT molecular complexity index is 1100. The lowest BCUT2D eigenvalue weighted by molar-refractivity contribution is -0.137. The summed E-state index contributed by atoms with van der Waals surface area (Å²) in [5.74, 6) is -0.552. The van der Waals surface area contributed by atoms with Gasteiger partial charge in [0, 0.05) is 12.0 Å². The van der Waals surface area contributed by atoms with E-state index in [0.717, 1.165) is 18.9 Å². The number of hydrogen-bond donors (Lipinski definition) is 0. The summed E-state index contributed by atoms with van der Waals surface area (Å²) in [6.07, 6.45) is -3.06. The van der Waals surface area contributed by atoms with Crippen molar-refractivity contribution >= 4 is 34.3 Å². The molecule has 2 aromatic heterocycles. The minimum Gasteiger partial charge on any atom is -0.438 e. The fourth-order valence-corrected chi connectivity index (χ4v) is 3.16. The molecule has 1 aliphatic carbocycles. The minimum atomic E-state index is -4.76. The van der Waals surface area contributed by atoms with Crippen LogP contribution in [0.3, 0.4) is 0 Å². The average molecular weight is 407 g/mol. The number of hydrogen-bond acceptors (Lipinski definition) is 3. The van der Waals surface area contributed by atoms with Gasteiger partial charge in [-0.05, 0) is 25.0 Å². The number of rotatable bonds is 2. The highest BCUT2D eigenvalue weighted by molar-refractivity contribution is 6.35. The first-order valence-electron chi connectivity index (χ1n) is 7.45. The van der Waals surface area contributed by atoms with Gasteiger partial charge >= 0.3 is 6.18 Å². The van der Waals surface area contributed by atoms with Gasteiger partial charge in [0.05, 0.1) is 10.6 Å². The van der Waals surface area contributed by atoms with Crippen molar-refractivity contribution in [3.05, 3.63) is 56.0 Å². The smallest absolute Gasteiger partial charge is 0.416 e. The quantitative estimate of drug-likeness (QED) is 0.427. The second-order valence-corrected chi connectivity index (χ2v) is 6.73. The molecule has 1 aromatic carbocycles. The fraction of sp³-hybridized carbons (Fsp3) is 0.250. The first-order chi connectivity index (χ1) is 12.2. The molecule has 0 N–H and O–H groups in total. The van der Waals surface area contributed by atoms with E-state index in [1.807, 2.05) is 0 Å². The van der Waals surface area contributed by atoms with Crippen molar-refractivity contribution in [1.29, 1.82) is 0 Å². The molecule has 0 unspecified atom stereocenters. The van der Waals surface area contributed by atoms with Crippen LogP contribution < -0.4 is 5.56 Å². The van der Waals surface area contributed by atoms with Crippen LogP contribution in [0, 0.1) is 5.82 Å². The van der Waals surface area contributed by atoms with E-state index in [1.54, 1.807) is 0 Å². The molecule has 1 fully saturated rings. The number of alkyl halides is 3. The summed E-state index contributed by atoms with van der Waals surface area (Å²) < 4.78 is 59.3. The third-order valence-corrected chi connectivity index (χ3v) is 4.60. The standard InChI is InChI=1S/C16H8Cl2F4N2O2/c17-8-5-9(19)13(14-12(8)23-15(26-14)6-1-2-6)24-10(18)3-7(4-11(24)25)16(20,21)22/h3-6H,1-2H2. The highest BCUT2D eigenvalue weighted by Crippen LogP contribution is 2.43. The molecule has 4 rings (SSSR count). The number of fused-ring (bicyclic) bond motifs is 1. The van der Waals surface area contributed by atoms with Crippen LogP contribution in [0.4, 0.5) is 17.6 Å². The van der Waals surface area contributed by atoms with Crippen molar-refractivity contribution < 1.29 is 22.0 Å². The molecule has 136 valence electrons. The van der Waals surface area contributed by atoms with E-state index in [2.05, 4.69) is 4.98 Å². The normalized spacial score (nSPS) is 15.0. The van der Waals surface area contributed by atoms with Gasteiger partial charge in [0.25, 0.3) is 5.56 Å². The van der Waals surface area contributed by atoms with Crippen molar-refractivity contribution in [3.63, 3.8) is 0 Å². The maximum Gasteiger partial charge on any atom is 0.416 e. The van der Waals surface area contributed by atoms with Crippen LogP contribution in [-0.2, 0) is 6.18 Å². The maximum atomic E-state index is 14.6. The lowest BCUT2D eigenvalue weighted by Crippen LogP contribution is -2.22. The van der Waals surface area contributed by atoms with Crippen LogP contribution in [0.2, 0.25) is 10.2 Å². The number of halogens is 6. The van der Waals surface area contributed by atoms with Crippen molar-refractivity contribution in [1.82, 2.24) is 9.55 Å². The van der Waals surface area contributed by atoms with E-state index in [1.165, 1.54) is 0 Å². The number of nitrogens with zero attached hydrogens (tertiary/aromatic N) is 2. The number of aromatic nitrogens is 2. The summed E-state index contributed by atoms with van der Waals surface area (Å²) in [5.41, 5.74) is -2.83. The molecule has 4 nitrogen and oxygen atoms in total. The summed E-state index contributed by atoms with van der Waals surface area (Å²) in [4.78, 5) is 16.5. The topological polar surface area (TPSA) is 48.0 Å². The molecule has 10 heteroatoms. The van der Waals surface area contributed by atoms with Crippen LogP contribution in [0.1, 0.15) is 30.2 Å². The lowest BCUT2D eigenvalue weighted by Gasteiger charge is -2.13. The third-order valence-electron chi connectivity index (χ3n) is 4.03. The van der Waals surface area contributed by atoms with Crippen molar-refractivity contribution in [2.45, 2.75) is 24.9 Å². The van der Waals surface area contributed by atoms with Gasteiger partial charge in [0.2, 0.25) is 0 Å². The Balaban J connectivity index is 2.02. The Morgan fingerprint density at radius 1 is 1.19 bits per heavy atom. The zero-order valence-corrected chi connectivity index (χ0v) is 14.2. The second-order valence-electron chi connectivity index (χ2n) is 5.93. The summed E-state index contributed by atoms with van der Waals surface area (Å²) in [5, 5.41) is -0.648. The molecule has 2 heterocycles. The molecule has 0 saturated heterocycles. The fourth-order valence-electron chi connectivity index (χ4n) is 2.65. The Morgan fingerprint density at radius 2 is 1.88 bits per heavy atom. The number of benzene rings is 1. The average Bonchev–Trinajstić information content (AvgIpc) is 3.28. The second kappa shape index (κ2) is 5.72. The maximum absolute atomic E-state index is 14.6. The molecular weight excluding hydrogens is 399 g/mol. The molecular formula is C16H8Cl2F4N2O2. The van der Waals surface area contributed by atoms with Gasteiger partial charge in [-0.1, -0.05) is 23.2 Å². The molecule has 0 bridgehead atoms. The molecule has 1 saturated carbocycles. The molecule has 0 amide bonds. The molecule has 0 aliphatic heterocycles. The summed E-state index contributed by atoms with van der Waals surface area (Å²) >= 11 is 11.9. The van der Waals surface area contributed by atoms with E-state index >= 15 is 0 Å². The highest BCUT2D eigenvalue weighted by atomic mass is 35.5. The summed E-state index contributed by atoms with van der Waals surface area (Å²) in [6, 6.07) is 1.80. The number of pyridine rings is 1. The van der Waals surface area contributed by atoms with E-state index in [4.69, 9.17) is 27.6 Å². The Labute approximate surface area is 152 Å². The molecule has 3 aromatic rings. The van der Waals surface area contributed by atoms with E-state index in [9.17, 15) is 22.4 Å². The van der Waals surface area contributed by atoms with Crippen molar-refractivity contribution in [2.24, 2.45) is 0 Å². The van der Waals surface area contributed by atoms with Crippen LogP contribution in [0.25, 0.3) is 16.8 Å². The Morgan fingerprint density at radius 3 is 2.46 bits per heavy atom. The van der Waals surface area contributed by atoms with Gasteiger partial charge in [-0.25, -0.2) is 9.37 Å². The number of oxazole rings is 1. The van der Waals surface area contributed by atoms with Gasteiger partial charge in [-0.2, -0.15) is 13.2 Å². The van der Waals surface area contributed by atoms with Gasteiger partial charge < -0.3 is 4.42 Å². The SMILES string of the molecule is O=c1cc(C(F)(F)F)cc(Cl)n1-c1c(F)cc(Cl)c2nc(C3CC3)oc12. The Kier molecular flexibility index (Phi) is 3.82. The molecule has 26 heavy (non-hydrogen) atoms. The predicted molar refractivity (Wildman–Crippen MR) is 86.6 cm³/mol.